The van der Waals surface area contributed by atoms with Crippen LogP contribution >= 0.6 is 0 Å². The third-order valence-corrected chi connectivity index (χ3v) is 0. The van der Waals surface area contributed by atoms with Gasteiger partial charge in [0.1, 0.15) is 0 Å². The fourth-order valence-electron chi connectivity index (χ4n) is 0. The standard InChI is InChI=1S/2ClH.Na.Zr/h2*1H;;/q;;+1;+4/p-2. The molecule has 0 fully saturated rings. The Kier molecular flexibility index (Phi) is 143. The molecule has 0 aromatic carbocycles. The molecule has 0 nitrogen and oxygen atoms in total. The van der Waals surface area contributed by atoms with Crippen molar-refractivity contribution in [1.82, 2.24) is 0 Å². The number of hydrogen-bond donors (Lipinski definition) is 0. The zero-order valence-electron chi connectivity index (χ0n) is 2.26. The summed E-state index contributed by atoms with van der Waals surface area (Å²) in [6, 6.07) is 0. The molecular formula is Cl2NaZr+3. The first-order chi connectivity index (χ1) is 0. The SMILES string of the molecule is [Cl-].[Cl-].[Na+].[Zr+4]. The molecule has 16 valence electrons. The van der Waals surface area contributed by atoms with Gasteiger partial charge in [-0.3, -0.25) is 0 Å². The Hall–Kier alpha value is 2.46. The monoisotopic (exact) mass is 183 g/mol. The second-order valence-corrected chi connectivity index (χ2v) is 0. The Bertz CT molecular complexity index is 6.00. The molecule has 0 atom stereocenters. The molecule has 0 aliphatic carbocycles. The Morgan fingerprint density at radius 1 is 0.750 bits per heavy atom. The average Bonchev–Trinajstić information content (AvgIpc) is 0. The third-order valence-electron chi connectivity index (χ3n) is 0. The van der Waals surface area contributed by atoms with Crippen molar-refractivity contribution < 1.29 is 80.6 Å². The van der Waals surface area contributed by atoms with Gasteiger partial charge in [0.25, 0.3) is 0 Å². The van der Waals surface area contributed by atoms with E-state index >= 15 is 0 Å². The van der Waals surface area contributed by atoms with E-state index in [-0.39, 0.29) is 80.6 Å². The summed E-state index contributed by atoms with van der Waals surface area (Å²) in [5.74, 6) is 0. The van der Waals surface area contributed by atoms with Crippen LogP contribution in [0, 0.1) is 0 Å². The van der Waals surface area contributed by atoms with Crippen LogP contribution in [0.5, 0.6) is 0 Å². The summed E-state index contributed by atoms with van der Waals surface area (Å²) in [5, 5.41) is 0. The quantitative estimate of drug-likeness (QED) is 0.329. The number of rotatable bonds is 0. The van der Waals surface area contributed by atoms with Gasteiger partial charge in [-0.2, -0.15) is 0 Å². The van der Waals surface area contributed by atoms with E-state index in [4.69, 9.17) is 0 Å². The van der Waals surface area contributed by atoms with E-state index in [1.165, 1.54) is 0 Å². The minimum atomic E-state index is 0. The van der Waals surface area contributed by atoms with Crippen LogP contribution in [0.2, 0.25) is 0 Å². The van der Waals surface area contributed by atoms with Gasteiger partial charge in [-0.15, -0.1) is 0 Å². The van der Waals surface area contributed by atoms with Gasteiger partial charge in [0.2, 0.25) is 0 Å². The van der Waals surface area contributed by atoms with Gasteiger partial charge in [-0.05, 0) is 0 Å². The van der Waals surface area contributed by atoms with E-state index in [9.17, 15) is 0 Å². The molecule has 0 spiro atoms. The van der Waals surface area contributed by atoms with Gasteiger partial charge < -0.3 is 24.8 Å². The van der Waals surface area contributed by atoms with E-state index in [1.54, 1.807) is 0 Å². The van der Waals surface area contributed by atoms with Crippen molar-refractivity contribution in [2.24, 2.45) is 0 Å². The molecule has 0 saturated heterocycles. The summed E-state index contributed by atoms with van der Waals surface area (Å²) in [7, 11) is 0. The molecule has 0 N–H and O–H groups in total. The molecule has 0 saturated carbocycles. The molecule has 0 heterocycles. The second-order valence-electron chi connectivity index (χ2n) is 0. The summed E-state index contributed by atoms with van der Waals surface area (Å²) < 4.78 is 0. The number of halogens is 2. The second kappa shape index (κ2) is 17.9. The van der Waals surface area contributed by atoms with Crippen molar-refractivity contribution in [3.63, 3.8) is 0 Å². The van der Waals surface area contributed by atoms with Crippen molar-refractivity contribution in [2.75, 3.05) is 0 Å². The molecule has 4 heteroatoms. The Morgan fingerprint density at radius 3 is 0.750 bits per heavy atom. The molecule has 4 heavy (non-hydrogen) atoms. The van der Waals surface area contributed by atoms with Crippen LogP contribution in [0.25, 0.3) is 0 Å². The molecule has 0 aliphatic heterocycles. The molecule has 0 rings (SSSR count). The molecule has 0 amide bonds. The normalized spacial score (nSPS) is 0. The minimum absolute atomic E-state index is 0. The van der Waals surface area contributed by atoms with Crippen molar-refractivity contribution in [3.05, 3.63) is 0 Å². The molecule has 0 radical (unpaired) electrons. The molecule has 0 aromatic rings. The smallest absolute Gasteiger partial charge is 1.00 e. The van der Waals surface area contributed by atoms with Gasteiger partial charge in [-0.25, -0.2) is 0 Å². The zero-order valence-corrected chi connectivity index (χ0v) is 8.23. The van der Waals surface area contributed by atoms with E-state index in [0.717, 1.165) is 0 Å². The molecule has 0 unspecified atom stereocenters. The molecule has 0 aromatic heterocycles. The summed E-state index contributed by atoms with van der Waals surface area (Å²) in [6.45, 7) is 0. The fraction of sp³-hybridized carbons (Fsp3) is 0. The summed E-state index contributed by atoms with van der Waals surface area (Å²) in [5.41, 5.74) is 0. The van der Waals surface area contributed by atoms with Crippen molar-refractivity contribution in [1.29, 1.82) is 0 Å². The molecule has 0 aliphatic rings. The number of hydrogen-bond acceptors (Lipinski definition) is 0. The predicted octanol–water partition coefficient (Wildman–Crippen LogP) is -8.99. The van der Waals surface area contributed by atoms with E-state index in [2.05, 4.69) is 0 Å². The minimum Gasteiger partial charge on any atom is -1.00 e. The molecule has 0 bridgehead atoms. The van der Waals surface area contributed by atoms with Crippen LogP contribution in [0.15, 0.2) is 0 Å². The summed E-state index contributed by atoms with van der Waals surface area (Å²) >= 11 is 0. The van der Waals surface area contributed by atoms with Crippen LogP contribution in [0.1, 0.15) is 0 Å². The molecular weight excluding hydrogens is 185 g/mol. The predicted molar refractivity (Wildman–Crippen MR) is 0 cm³/mol. The summed E-state index contributed by atoms with van der Waals surface area (Å²) in [6.07, 6.45) is 0. The Labute approximate surface area is 79.3 Å². The van der Waals surface area contributed by atoms with E-state index in [0.29, 0.717) is 0 Å². The Balaban J connectivity index is 0. The van der Waals surface area contributed by atoms with Gasteiger partial charge in [0.15, 0.2) is 0 Å². The first-order valence-electron chi connectivity index (χ1n) is 0. The first kappa shape index (κ1) is 31.8. The zero-order chi connectivity index (χ0) is 0. The van der Waals surface area contributed by atoms with Gasteiger partial charge in [0, 0.05) is 0 Å². The van der Waals surface area contributed by atoms with Crippen LogP contribution in [0.3, 0.4) is 0 Å². The van der Waals surface area contributed by atoms with E-state index < -0.39 is 0 Å². The van der Waals surface area contributed by atoms with Crippen LogP contribution < -0.4 is 54.4 Å². The van der Waals surface area contributed by atoms with Gasteiger partial charge >= 0.3 is 55.8 Å². The van der Waals surface area contributed by atoms with Gasteiger partial charge in [-0.1, -0.05) is 0 Å². The van der Waals surface area contributed by atoms with E-state index in [1.807, 2.05) is 0 Å². The third kappa shape index (κ3) is 8.82. The fourth-order valence-corrected chi connectivity index (χ4v) is 0. The average molecular weight is 185 g/mol. The largest absolute Gasteiger partial charge is 4.00 e. The maximum atomic E-state index is 0. The summed E-state index contributed by atoms with van der Waals surface area (Å²) in [4.78, 5) is 0. The van der Waals surface area contributed by atoms with Gasteiger partial charge in [0.05, 0.1) is 0 Å². The van der Waals surface area contributed by atoms with Crippen LogP contribution in [-0.4, -0.2) is 0 Å². The van der Waals surface area contributed by atoms with Crippen LogP contribution in [0.4, 0.5) is 0 Å². The topological polar surface area (TPSA) is 0 Å². The Morgan fingerprint density at radius 2 is 0.750 bits per heavy atom. The van der Waals surface area contributed by atoms with Crippen molar-refractivity contribution >= 4 is 0 Å². The van der Waals surface area contributed by atoms with Crippen LogP contribution in [-0.2, 0) is 26.2 Å². The first-order valence-corrected chi connectivity index (χ1v) is 0. The maximum Gasteiger partial charge on any atom is 4.00 e. The van der Waals surface area contributed by atoms with Crippen molar-refractivity contribution in [3.8, 4) is 0 Å². The van der Waals surface area contributed by atoms with Crippen molar-refractivity contribution in [2.45, 2.75) is 0 Å². The maximum absolute atomic E-state index is 0.